The molecule has 21 heavy (non-hydrogen) atoms. The fourth-order valence-corrected chi connectivity index (χ4v) is 4.19. The average Bonchev–Trinajstić information content (AvgIpc) is 2.92. The lowest BCUT2D eigenvalue weighted by atomic mass is 10.4. The van der Waals surface area contributed by atoms with Crippen LogP contribution in [0, 0.1) is 25.7 Å². The highest BCUT2D eigenvalue weighted by atomic mass is 32.2. The Hall–Kier alpha value is -1.89. The van der Waals surface area contributed by atoms with Crippen LogP contribution in [0.5, 0.6) is 0 Å². The number of aryl methyl sites for hydroxylation is 2. The van der Waals surface area contributed by atoms with Gasteiger partial charge in [-0.15, -0.1) is 0 Å². The number of hydrogen-bond donors (Lipinski definition) is 2. The number of aliphatic hydroxyl groups excluding tert-OH is 1. The zero-order chi connectivity index (χ0) is 15.6. The van der Waals surface area contributed by atoms with Gasteiger partial charge in [-0.05, 0) is 13.8 Å². The van der Waals surface area contributed by atoms with Crippen LogP contribution < -0.4 is 4.72 Å². The Balaban J connectivity index is 2.31. The standard InChI is InChI=1S/C12H14N4O3S2/c1-8-11(9(2)16(3)14-8)21(18,19)15-12-13-7-10(20-12)5-4-6-17/h7,17H,6H2,1-3H3,(H,13,15). The highest BCUT2D eigenvalue weighted by Gasteiger charge is 2.24. The highest BCUT2D eigenvalue weighted by Crippen LogP contribution is 2.24. The van der Waals surface area contributed by atoms with Crippen LogP contribution in [0.4, 0.5) is 5.13 Å². The van der Waals surface area contributed by atoms with Crippen LogP contribution in [-0.2, 0) is 17.1 Å². The van der Waals surface area contributed by atoms with Crippen molar-refractivity contribution in [1.29, 1.82) is 0 Å². The van der Waals surface area contributed by atoms with Crippen LogP contribution in [0.25, 0.3) is 0 Å². The summed E-state index contributed by atoms with van der Waals surface area (Å²) < 4.78 is 28.8. The van der Waals surface area contributed by atoms with Gasteiger partial charge in [-0.2, -0.15) is 5.10 Å². The smallest absolute Gasteiger partial charge is 0.267 e. The second-order valence-electron chi connectivity index (χ2n) is 4.22. The summed E-state index contributed by atoms with van der Waals surface area (Å²) in [5.41, 5.74) is 0.983. The molecule has 0 bridgehead atoms. The molecule has 0 aromatic carbocycles. The van der Waals surface area contributed by atoms with Crippen LogP contribution in [0.15, 0.2) is 11.1 Å². The van der Waals surface area contributed by atoms with Gasteiger partial charge in [0.2, 0.25) is 0 Å². The van der Waals surface area contributed by atoms with Crippen LogP contribution in [0.3, 0.4) is 0 Å². The van der Waals surface area contributed by atoms with E-state index in [0.29, 0.717) is 16.3 Å². The Morgan fingerprint density at radius 3 is 2.76 bits per heavy atom. The van der Waals surface area contributed by atoms with Gasteiger partial charge in [0, 0.05) is 7.05 Å². The minimum Gasteiger partial charge on any atom is -0.384 e. The molecule has 2 aromatic heterocycles. The molecular formula is C12H14N4O3S2. The lowest BCUT2D eigenvalue weighted by Gasteiger charge is -2.05. The minimum atomic E-state index is -3.74. The van der Waals surface area contributed by atoms with Crippen molar-refractivity contribution in [3.63, 3.8) is 0 Å². The molecule has 0 aliphatic heterocycles. The molecule has 0 spiro atoms. The van der Waals surface area contributed by atoms with Gasteiger partial charge < -0.3 is 5.11 Å². The third kappa shape index (κ3) is 3.24. The second kappa shape index (κ2) is 5.85. The molecule has 0 atom stereocenters. The molecule has 112 valence electrons. The topological polar surface area (TPSA) is 97.1 Å². The number of nitrogens with zero attached hydrogens (tertiary/aromatic N) is 3. The quantitative estimate of drug-likeness (QED) is 0.807. The molecule has 9 heteroatoms. The summed E-state index contributed by atoms with van der Waals surface area (Å²) in [5, 5.41) is 12.9. The first kappa shape index (κ1) is 15.5. The predicted molar refractivity (Wildman–Crippen MR) is 79.6 cm³/mol. The summed E-state index contributed by atoms with van der Waals surface area (Å²) in [4.78, 5) is 4.69. The van der Waals surface area contributed by atoms with E-state index in [0.717, 1.165) is 11.3 Å². The summed E-state index contributed by atoms with van der Waals surface area (Å²) in [6.07, 6.45) is 1.45. The van der Waals surface area contributed by atoms with Gasteiger partial charge in [-0.25, -0.2) is 13.4 Å². The number of thiazole rings is 1. The van der Waals surface area contributed by atoms with Crippen LogP contribution >= 0.6 is 11.3 Å². The van der Waals surface area contributed by atoms with Crippen molar-refractivity contribution in [2.24, 2.45) is 7.05 Å². The average molecular weight is 326 g/mol. The Kier molecular flexibility index (Phi) is 4.32. The van der Waals surface area contributed by atoms with Gasteiger partial charge in [0.25, 0.3) is 10.0 Å². The van der Waals surface area contributed by atoms with Crippen molar-refractivity contribution in [2.75, 3.05) is 11.3 Å². The highest BCUT2D eigenvalue weighted by molar-refractivity contribution is 7.93. The van der Waals surface area contributed by atoms with E-state index in [4.69, 9.17) is 5.11 Å². The van der Waals surface area contributed by atoms with Gasteiger partial charge in [-0.3, -0.25) is 9.40 Å². The van der Waals surface area contributed by atoms with E-state index in [9.17, 15) is 8.42 Å². The molecular weight excluding hydrogens is 312 g/mol. The van der Waals surface area contributed by atoms with E-state index in [-0.39, 0.29) is 16.6 Å². The van der Waals surface area contributed by atoms with Gasteiger partial charge in [0.1, 0.15) is 11.5 Å². The lowest BCUT2D eigenvalue weighted by Crippen LogP contribution is -2.14. The Labute approximate surface area is 126 Å². The van der Waals surface area contributed by atoms with Crippen LogP contribution in [0.2, 0.25) is 0 Å². The molecule has 0 radical (unpaired) electrons. The molecule has 0 saturated carbocycles. The lowest BCUT2D eigenvalue weighted by molar-refractivity contribution is 0.350. The summed E-state index contributed by atoms with van der Waals surface area (Å²) in [6, 6.07) is 0. The maximum atomic E-state index is 12.4. The first-order valence-corrected chi connectivity index (χ1v) is 8.23. The first-order chi connectivity index (χ1) is 9.85. The maximum absolute atomic E-state index is 12.4. The second-order valence-corrected chi connectivity index (χ2v) is 6.87. The molecule has 0 saturated heterocycles. The summed E-state index contributed by atoms with van der Waals surface area (Å²) >= 11 is 1.10. The number of nitrogens with one attached hydrogen (secondary N) is 1. The third-order valence-electron chi connectivity index (χ3n) is 2.73. The fraction of sp³-hybridized carbons (Fsp3) is 0.333. The monoisotopic (exact) mass is 326 g/mol. The number of aromatic nitrogens is 3. The first-order valence-electron chi connectivity index (χ1n) is 5.93. The Bertz CT molecular complexity index is 825. The number of hydrogen-bond acceptors (Lipinski definition) is 6. The van der Waals surface area contributed by atoms with E-state index in [1.54, 1.807) is 20.9 Å². The third-order valence-corrected chi connectivity index (χ3v) is 5.28. The van der Waals surface area contributed by atoms with E-state index >= 15 is 0 Å². The molecule has 0 aliphatic carbocycles. The van der Waals surface area contributed by atoms with Crippen molar-refractivity contribution in [3.05, 3.63) is 22.5 Å². The molecule has 2 rings (SSSR count). The van der Waals surface area contributed by atoms with E-state index < -0.39 is 10.0 Å². The fourth-order valence-electron chi connectivity index (χ4n) is 1.81. The van der Waals surface area contributed by atoms with Crippen LogP contribution in [0.1, 0.15) is 16.3 Å². The van der Waals surface area contributed by atoms with Crippen molar-refractivity contribution in [1.82, 2.24) is 14.8 Å². The Morgan fingerprint density at radius 1 is 1.48 bits per heavy atom. The molecule has 2 aromatic rings. The summed E-state index contributed by atoms with van der Waals surface area (Å²) in [7, 11) is -2.06. The zero-order valence-electron chi connectivity index (χ0n) is 11.7. The number of rotatable bonds is 3. The normalized spacial score (nSPS) is 11.0. The van der Waals surface area contributed by atoms with Gasteiger partial charge in [0.05, 0.1) is 22.5 Å². The largest absolute Gasteiger partial charge is 0.384 e. The van der Waals surface area contributed by atoms with Gasteiger partial charge in [-0.1, -0.05) is 23.2 Å². The summed E-state index contributed by atoms with van der Waals surface area (Å²) in [5.74, 6) is 5.15. The van der Waals surface area contributed by atoms with E-state index in [1.807, 2.05) is 0 Å². The molecule has 0 unspecified atom stereocenters. The Morgan fingerprint density at radius 2 is 2.19 bits per heavy atom. The minimum absolute atomic E-state index is 0.156. The molecule has 2 heterocycles. The summed E-state index contributed by atoms with van der Waals surface area (Å²) in [6.45, 7) is 3.07. The van der Waals surface area contributed by atoms with Crippen molar-refractivity contribution in [2.45, 2.75) is 18.7 Å². The van der Waals surface area contributed by atoms with Gasteiger partial charge >= 0.3 is 0 Å². The van der Waals surface area contributed by atoms with E-state index in [1.165, 1.54) is 10.9 Å². The van der Waals surface area contributed by atoms with Crippen molar-refractivity contribution < 1.29 is 13.5 Å². The van der Waals surface area contributed by atoms with E-state index in [2.05, 4.69) is 26.6 Å². The SMILES string of the molecule is Cc1nn(C)c(C)c1S(=O)(=O)Nc1ncc(C#CCO)s1. The van der Waals surface area contributed by atoms with Crippen molar-refractivity contribution in [3.8, 4) is 11.8 Å². The molecule has 0 amide bonds. The molecule has 0 aliphatic rings. The predicted octanol–water partition coefficient (Wildman–Crippen LogP) is 0.638. The van der Waals surface area contributed by atoms with Crippen LogP contribution in [-0.4, -0.2) is 34.9 Å². The maximum Gasteiger partial charge on any atom is 0.267 e. The molecule has 7 nitrogen and oxygen atoms in total. The zero-order valence-corrected chi connectivity index (χ0v) is 13.3. The van der Waals surface area contributed by atoms with Crippen molar-refractivity contribution >= 4 is 26.5 Å². The number of sulfonamides is 1. The molecule has 0 fully saturated rings. The number of anilines is 1. The van der Waals surface area contributed by atoms with Gasteiger partial charge in [0.15, 0.2) is 5.13 Å². The number of aliphatic hydroxyl groups is 1. The molecule has 2 N–H and O–H groups in total.